The first-order chi connectivity index (χ1) is 12.3. The van der Waals surface area contributed by atoms with Gasteiger partial charge in [0.1, 0.15) is 11.5 Å². The molecule has 1 amide bonds. The second kappa shape index (κ2) is 8.53. The van der Waals surface area contributed by atoms with Crippen molar-refractivity contribution in [3.8, 4) is 11.5 Å². The van der Waals surface area contributed by atoms with E-state index in [0.717, 1.165) is 0 Å². The van der Waals surface area contributed by atoms with Gasteiger partial charge in [-0.25, -0.2) is 8.42 Å². The van der Waals surface area contributed by atoms with Gasteiger partial charge in [-0.15, -0.1) is 0 Å². The van der Waals surface area contributed by atoms with Gasteiger partial charge in [0.05, 0.1) is 24.2 Å². The lowest BCUT2D eigenvalue weighted by Crippen LogP contribution is -2.45. The van der Waals surface area contributed by atoms with E-state index in [-0.39, 0.29) is 47.3 Å². The summed E-state index contributed by atoms with van der Waals surface area (Å²) < 4.78 is 34.1. The molecule has 0 N–H and O–H groups in total. The lowest BCUT2D eigenvalue weighted by molar-refractivity contribution is -0.135. The summed E-state index contributed by atoms with van der Waals surface area (Å²) >= 11 is 0. The number of carbonyl (C=O) groups excluding carboxylic acids is 2. The summed E-state index contributed by atoms with van der Waals surface area (Å²) in [5.41, 5.74) is 0.288. The number of hydrogen-bond acceptors (Lipinski definition) is 6. The van der Waals surface area contributed by atoms with Crippen LogP contribution < -0.4 is 9.47 Å². The maximum absolute atomic E-state index is 12.7. The fourth-order valence-electron chi connectivity index (χ4n) is 2.97. The molecule has 2 rings (SSSR count). The Hall–Kier alpha value is -2.09. The molecule has 0 saturated carbocycles. The molecule has 1 aromatic rings. The van der Waals surface area contributed by atoms with Gasteiger partial charge in [-0.2, -0.15) is 0 Å². The third-order valence-corrected chi connectivity index (χ3v) is 5.98. The predicted octanol–water partition coefficient (Wildman–Crippen LogP) is 1.56. The predicted molar refractivity (Wildman–Crippen MR) is 97.5 cm³/mol. The molecule has 0 aliphatic carbocycles. The van der Waals surface area contributed by atoms with E-state index in [1.54, 1.807) is 17.0 Å². The fraction of sp³-hybridized carbons (Fsp3) is 0.556. The molecule has 1 heterocycles. The molecule has 26 heavy (non-hydrogen) atoms. The zero-order valence-electron chi connectivity index (χ0n) is 15.3. The first-order valence-corrected chi connectivity index (χ1v) is 10.3. The zero-order chi connectivity index (χ0) is 19.3. The van der Waals surface area contributed by atoms with Crippen LogP contribution in [0.5, 0.6) is 11.5 Å². The van der Waals surface area contributed by atoms with Crippen molar-refractivity contribution in [1.82, 2.24) is 4.90 Å². The highest BCUT2D eigenvalue weighted by molar-refractivity contribution is 7.91. The average Bonchev–Trinajstić information content (AvgIpc) is 2.96. The third-order valence-electron chi connectivity index (χ3n) is 4.23. The summed E-state index contributed by atoms with van der Waals surface area (Å²) in [5, 5.41) is 0. The van der Waals surface area contributed by atoms with Crippen molar-refractivity contribution < 1.29 is 27.5 Å². The van der Waals surface area contributed by atoms with Crippen LogP contribution in [0.4, 0.5) is 0 Å². The summed E-state index contributed by atoms with van der Waals surface area (Å²) in [5.74, 6) is 0.824. The summed E-state index contributed by atoms with van der Waals surface area (Å²) in [6, 6.07) is 4.42. The maximum atomic E-state index is 12.7. The van der Waals surface area contributed by atoms with Crippen LogP contribution in [0.2, 0.25) is 0 Å². The molecule has 0 spiro atoms. The molecule has 8 heteroatoms. The highest BCUT2D eigenvalue weighted by atomic mass is 32.2. The van der Waals surface area contributed by atoms with Crippen molar-refractivity contribution in [3.63, 3.8) is 0 Å². The molecule has 0 radical (unpaired) electrons. The number of carbonyl (C=O) groups is 2. The van der Waals surface area contributed by atoms with Crippen LogP contribution >= 0.6 is 0 Å². The summed E-state index contributed by atoms with van der Waals surface area (Å²) in [6.45, 7) is 4.15. The Balaban J connectivity index is 2.09. The van der Waals surface area contributed by atoms with Gasteiger partial charge in [0.15, 0.2) is 22.7 Å². The van der Waals surface area contributed by atoms with Gasteiger partial charge in [-0.05, 0) is 30.5 Å². The molecule has 1 fully saturated rings. The molecule has 7 nitrogen and oxygen atoms in total. The van der Waals surface area contributed by atoms with Crippen molar-refractivity contribution in [2.24, 2.45) is 5.92 Å². The molecule has 144 valence electrons. The van der Waals surface area contributed by atoms with Gasteiger partial charge in [-0.3, -0.25) is 9.59 Å². The van der Waals surface area contributed by atoms with Gasteiger partial charge in [-0.1, -0.05) is 13.8 Å². The first kappa shape index (κ1) is 20.2. The monoisotopic (exact) mass is 383 g/mol. The number of sulfone groups is 1. The van der Waals surface area contributed by atoms with Crippen molar-refractivity contribution >= 4 is 22.0 Å². The third kappa shape index (κ3) is 5.20. The van der Waals surface area contributed by atoms with Gasteiger partial charge in [0.25, 0.3) is 5.91 Å². The molecule has 0 unspecified atom stereocenters. The number of amides is 1. The lowest BCUT2D eigenvalue weighted by atomic mass is 10.1. The summed E-state index contributed by atoms with van der Waals surface area (Å²) in [6.07, 6.45) is 1.08. The summed E-state index contributed by atoms with van der Waals surface area (Å²) in [7, 11) is -1.60. The lowest BCUT2D eigenvalue weighted by Gasteiger charge is -2.30. The smallest absolute Gasteiger partial charge is 0.260 e. The Labute approximate surface area is 154 Å². The van der Waals surface area contributed by atoms with Gasteiger partial charge in [0, 0.05) is 12.6 Å². The minimum Gasteiger partial charge on any atom is -0.497 e. The average molecular weight is 383 g/mol. The molecule has 1 aromatic carbocycles. The number of rotatable bonds is 8. The largest absolute Gasteiger partial charge is 0.497 e. The second-order valence-electron chi connectivity index (χ2n) is 6.81. The van der Waals surface area contributed by atoms with Gasteiger partial charge in [0.2, 0.25) is 0 Å². The number of benzene rings is 1. The Kier molecular flexibility index (Phi) is 6.63. The molecule has 1 aliphatic rings. The first-order valence-electron chi connectivity index (χ1n) is 8.51. The normalized spacial score (nSPS) is 18.5. The van der Waals surface area contributed by atoms with Crippen LogP contribution in [0, 0.1) is 5.92 Å². The number of hydrogen-bond donors (Lipinski definition) is 0. The van der Waals surface area contributed by atoms with Crippen LogP contribution in [0.15, 0.2) is 18.2 Å². The molecule has 0 bridgehead atoms. The molecule has 1 aliphatic heterocycles. The SMILES string of the molecule is COc1ccc(OCC(=O)N(CC(C)C)[C@@H]2CCS(=O)(=O)C2)c(C=O)c1. The van der Waals surface area contributed by atoms with E-state index in [0.29, 0.717) is 25.0 Å². The van der Waals surface area contributed by atoms with Crippen molar-refractivity contribution in [2.75, 3.05) is 31.8 Å². The van der Waals surface area contributed by atoms with Crippen LogP contribution in [-0.2, 0) is 14.6 Å². The van der Waals surface area contributed by atoms with Gasteiger partial charge >= 0.3 is 0 Å². The fourth-order valence-corrected chi connectivity index (χ4v) is 4.70. The molecule has 1 atom stereocenters. The van der Waals surface area contributed by atoms with Crippen LogP contribution in [0.3, 0.4) is 0 Å². The molecular weight excluding hydrogens is 358 g/mol. The Bertz CT molecular complexity index is 759. The Morgan fingerprint density at radius 2 is 2.12 bits per heavy atom. The number of nitrogens with zero attached hydrogens (tertiary/aromatic N) is 1. The number of aldehydes is 1. The highest BCUT2D eigenvalue weighted by Gasteiger charge is 2.35. The highest BCUT2D eigenvalue weighted by Crippen LogP contribution is 2.23. The van der Waals surface area contributed by atoms with E-state index in [2.05, 4.69) is 0 Å². The minimum atomic E-state index is -3.09. The van der Waals surface area contributed by atoms with Crippen molar-refractivity contribution in [2.45, 2.75) is 26.3 Å². The zero-order valence-corrected chi connectivity index (χ0v) is 16.1. The topological polar surface area (TPSA) is 90.0 Å². The van der Waals surface area contributed by atoms with Gasteiger partial charge < -0.3 is 14.4 Å². The van der Waals surface area contributed by atoms with Crippen molar-refractivity contribution in [1.29, 1.82) is 0 Å². The number of methoxy groups -OCH3 is 1. The van der Waals surface area contributed by atoms with Crippen LogP contribution in [0.1, 0.15) is 30.6 Å². The Morgan fingerprint density at radius 1 is 1.38 bits per heavy atom. The number of ether oxygens (including phenoxy) is 2. The van der Waals surface area contributed by atoms with E-state index in [4.69, 9.17) is 9.47 Å². The molecule has 1 saturated heterocycles. The minimum absolute atomic E-state index is 0.00637. The van der Waals surface area contributed by atoms with Crippen molar-refractivity contribution in [3.05, 3.63) is 23.8 Å². The van der Waals surface area contributed by atoms with E-state index in [9.17, 15) is 18.0 Å². The maximum Gasteiger partial charge on any atom is 0.260 e. The van der Waals surface area contributed by atoms with E-state index < -0.39 is 9.84 Å². The second-order valence-corrected chi connectivity index (χ2v) is 9.04. The van der Waals surface area contributed by atoms with E-state index in [1.165, 1.54) is 13.2 Å². The van der Waals surface area contributed by atoms with Crippen LogP contribution in [0.25, 0.3) is 0 Å². The van der Waals surface area contributed by atoms with Crippen LogP contribution in [-0.4, -0.2) is 63.3 Å². The molecule has 0 aromatic heterocycles. The summed E-state index contributed by atoms with van der Waals surface area (Å²) in [4.78, 5) is 25.5. The van der Waals surface area contributed by atoms with E-state index in [1.807, 2.05) is 13.8 Å². The van der Waals surface area contributed by atoms with E-state index >= 15 is 0 Å². The standard InChI is InChI=1S/C18H25NO6S/c1-13(2)9-19(15-6-7-26(22,23)12-15)18(21)11-25-17-5-4-16(24-3)8-14(17)10-20/h4-5,8,10,13,15H,6-7,9,11-12H2,1-3H3/t15-/m1/s1. The Morgan fingerprint density at radius 3 is 2.65 bits per heavy atom. The quantitative estimate of drug-likeness (QED) is 0.633. The molecular formula is C18H25NO6S.